The molecule has 1 heterocycles. The lowest BCUT2D eigenvalue weighted by Crippen LogP contribution is -1.99. The monoisotopic (exact) mass is 341 g/mol. The number of aryl methyl sites for hydroxylation is 1. The highest BCUT2D eigenvalue weighted by Gasteiger charge is 2.18. The third-order valence-electron chi connectivity index (χ3n) is 2.37. The summed E-state index contributed by atoms with van der Waals surface area (Å²) >= 11 is 3.20. The summed E-state index contributed by atoms with van der Waals surface area (Å²) in [7, 11) is 0. The summed E-state index contributed by atoms with van der Waals surface area (Å²) in [4.78, 5) is 18.3. The number of hydrogen-bond acceptors (Lipinski definition) is 5. The molecule has 0 saturated heterocycles. The van der Waals surface area contributed by atoms with E-state index < -0.39 is 16.4 Å². The van der Waals surface area contributed by atoms with Gasteiger partial charge in [0.15, 0.2) is 0 Å². The molecule has 0 N–H and O–H groups in total. The number of halogens is 2. The van der Waals surface area contributed by atoms with Crippen LogP contribution in [-0.4, -0.2) is 14.9 Å². The lowest BCUT2D eigenvalue weighted by Gasteiger charge is -2.07. The third-order valence-corrected chi connectivity index (χ3v) is 2.77. The Bertz CT molecular complexity index is 666. The van der Waals surface area contributed by atoms with Gasteiger partial charge in [-0.1, -0.05) is 6.92 Å². The van der Waals surface area contributed by atoms with E-state index in [9.17, 15) is 14.5 Å². The molecule has 2 aromatic rings. The first-order valence-corrected chi connectivity index (χ1v) is 6.44. The van der Waals surface area contributed by atoms with Gasteiger partial charge in [-0.15, -0.1) is 0 Å². The van der Waals surface area contributed by atoms with Crippen molar-refractivity contribution in [3.63, 3.8) is 0 Å². The highest BCUT2D eigenvalue weighted by molar-refractivity contribution is 9.10. The molecule has 0 aliphatic rings. The number of benzene rings is 1. The third kappa shape index (κ3) is 3.27. The summed E-state index contributed by atoms with van der Waals surface area (Å²) in [5.74, 6) is -0.108. The van der Waals surface area contributed by atoms with E-state index in [-0.39, 0.29) is 11.6 Å². The number of nitro groups is 1. The van der Waals surface area contributed by atoms with Crippen LogP contribution in [0.3, 0.4) is 0 Å². The number of aromatic nitrogens is 2. The smallest absolute Gasteiger partial charge is 0.314 e. The van der Waals surface area contributed by atoms with Gasteiger partial charge in [-0.05, 0) is 28.1 Å². The summed E-state index contributed by atoms with van der Waals surface area (Å²) in [6.07, 6.45) is 0.585. The molecule has 0 spiro atoms. The maximum absolute atomic E-state index is 13.0. The molecule has 20 heavy (non-hydrogen) atoms. The first-order valence-electron chi connectivity index (χ1n) is 5.65. The molecule has 104 valence electrons. The second-order valence-corrected chi connectivity index (χ2v) is 4.58. The minimum atomic E-state index is -0.713. The van der Waals surface area contributed by atoms with E-state index in [0.717, 1.165) is 12.1 Å². The van der Waals surface area contributed by atoms with Crippen molar-refractivity contribution < 1.29 is 14.1 Å². The first-order chi connectivity index (χ1) is 9.49. The Hall–Kier alpha value is -2.09. The van der Waals surface area contributed by atoms with E-state index in [1.54, 1.807) is 0 Å². The van der Waals surface area contributed by atoms with Crippen LogP contribution in [0, 0.1) is 15.9 Å². The summed E-state index contributed by atoms with van der Waals surface area (Å²) < 4.78 is 18.9. The van der Waals surface area contributed by atoms with Crippen molar-refractivity contribution >= 4 is 21.6 Å². The molecule has 1 aromatic carbocycles. The molecule has 0 unspecified atom stereocenters. The average molecular weight is 342 g/mol. The van der Waals surface area contributed by atoms with Gasteiger partial charge in [0.1, 0.15) is 16.2 Å². The molecule has 0 fully saturated rings. The summed E-state index contributed by atoms with van der Waals surface area (Å²) in [5.41, 5.74) is -0.460. The summed E-state index contributed by atoms with van der Waals surface area (Å²) in [6, 6.07) is 4.55. The van der Waals surface area contributed by atoms with Crippen molar-refractivity contribution in [1.29, 1.82) is 0 Å². The van der Waals surface area contributed by atoms with E-state index in [4.69, 9.17) is 4.74 Å². The fourth-order valence-corrected chi connectivity index (χ4v) is 1.89. The molecular formula is C12H9BrFN3O3. The van der Waals surface area contributed by atoms with Gasteiger partial charge in [-0.2, -0.15) is 4.98 Å². The van der Waals surface area contributed by atoms with Crippen LogP contribution in [0.4, 0.5) is 10.1 Å². The van der Waals surface area contributed by atoms with Crippen LogP contribution in [0.25, 0.3) is 0 Å². The maximum atomic E-state index is 13.0. The van der Waals surface area contributed by atoms with E-state index in [1.807, 2.05) is 6.92 Å². The van der Waals surface area contributed by atoms with Crippen molar-refractivity contribution in [2.24, 2.45) is 0 Å². The van der Waals surface area contributed by atoms with E-state index in [1.165, 1.54) is 12.1 Å². The summed E-state index contributed by atoms with van der Waals surface area (Å²) in [6.45, 7) is 1.87. The normalized spacial score (nSPS) is 10.3. The standard InChI is InChI=1S/C12H9BrFN3O3/c1-2-11-15-10(13)6-12(16-11)20-9-4-3-7(14)5-8(9)17(18)19/h3-6H,2H2,1H3. The first kappa shape index (κ1) is 14.3. The van der Waals surface area contributed by atoms with Gasteiger partial charge in [0.25, 0.3) is 0 Å². The lowest BCUT2D eigenvalue weighted by atomic mass is 10.3. The Morgan fingerprint density at radius 1 is 1.40 bits per heavy atom. The van der Waals surface area contributed by atoms with Gasteiger partial charge < -0.3 is 4.74 Å². The highest BCUT2D eigenvalue weighted by atomic mass is 79.9. The number of nitro benzene ring substituents is 1. The van der Waals surface area contributed by atoms with Crippen LogP contribution < -0.4 is 4.74 Å². The molecule has 0 aliphatic heterocycles. The largest absolute Gasteiger partial charge is 0.432 e. The van der Waals surface area contributed by atoms with Gasteiger partial charge in [0.05, 0.1) is 11.0 Å². The second-order valence-electron chi connectivity index (χ2n) is 3.77. The Morgan fingerprint density at radius 2 is 2.15 bits per heavy atom. The van der Waals surface area contributed by atoms with E-state index in [0.29, 0.717) is 16.8 Å². The molecule has 2 rings (SSSR count). The molecule has 1 aromatic heterocycles. The van der Waals surface area contributed by atoms with Crippen LogP contribution in [0.15, 0.2) is 28.9 Å². The molecule has 0 amide bonds. The molecule has 6 nitrogen and oxygen atoms in total. The highest BCUT2D eigenvalue weighted by Crippen LogP contribution is 2.31. The summed E-state index contributed by atoms with van der Waals surface area (Å²) in [5, 5.41) is 10.9. The fraction of sp³-hybridized carbons (Fsp3) is 0.167. The Morgan fingerprint density at radius 3 is 2.80 bits per heavy atom. The number of nitrogens with zero attached hydrogens (tertiary/aromatic N) is 3. The molecule has 8 heteroatoms. The average Bonchev–Trinajstić information content (AvgIpc) is 2.40. The minimum absolute atomic E-state index is 0.0796. The maximum Gasteiger partial charge on any atom is 0.314 e. The van der Waals surface area contributed by atoms with Crippen molar-refractivity contribution in [2.75, 3.05) is 0 Å². The molecule has 0 bridgehead atoms. The molecular weight excluding hydrogens is 333 g/mol. The van der Waals surface area contributed by atoms with Gasteiger partial charge in [-0.25, -0.2) is 9.37 Å². The number of rotatable bonds is 4. The van der Waals surface area contributed by atoms with Gasteiger partial charge in [-0.3, -0.25) is 10.1 Å². The fourth-order valence-electron chi connectivity index (χ4n) is 1.48. The van der Waals surface area contributed by atoms with Crippen molar-refractivity contribution in [1.82, 2.24) is 9.97 Å². The van der Waals surface area contributed by atoms with Gasteiger partial charge in [0.2, 0.25) is 11.6 Å². The van der Waals surface area contributed by atoms with Crippen LogP contribution in [0.1, 0.15) is 12.7 Å². The lowest BCUT2D eigenvalue weighted by molar-refractivity contribution is -0.385. The zero-order valence-electron chi connectivity index (χ0n) is 10.3. The second kappa shape index (κ2) is 5.91. The SMILES string of the molecule is CCc1nc(Br)cc(Oc2ccc(F)cc2[N+](=O)[O-])n1. The molecule has 0 radical (unpaired) electrons. The molecule has 0 saturated carbocycles. The Kier molecular flexibility index (Phi) is 4.23. The molecule has 0 aliphatic carbocycles. The quantitative estimate of drug-likeness (QED) is 0.482. The van der Waals surface area contributed by atoms with Crippen LogP contribution >= 0.6 is 15.9 Å². The van der Waals surface area contributed by atoms with Crippen LogP contribution in [0.5, 0.6) is 11.6 Å². The molecule has 0 atom stereocenters. The zero-order valence-corrected chi connectivity index (χ0v) is 11.9. The van der Waals surface area contributed by atoms with Crippen molar-refractivity contribution in [3.05, 3.63) is 50.6 Å². The number of ether oxygens (including phenoxy) is 1. The predicted octanol–water partition coefficient (Wildman–Crippen LogP) is 3.64. The van der Waals surface area contributed by atoms with E-state index >= 15 is 0 Å². The predicted molar refractivity (Wildman–Crippen MR) is 72.2 cm³/mol. The zero-order chi connectivity index (χ0) is 14.7. The number of hydrogen-bond donors (Lipinski definition) is 0. The van der Waals surface area contributed by atoms with Crippen molar-refractivity contribution in [3.8, 4) is 11.6 Å². The van der Waals surface area contributed by atoms with Gasteiger partial charge in [0, 0.05) is 12.5 Å². The van der Waals surface area contributed by atoms with E-state index in [2.05, 4.69) is 25.9 Å². The minimum Gasteiger partial charge on any atom is -0.432 e. The van der Waals surface area contributed by atoms with Crippen LogP contribution in [0.2, 0.25) is 0 Å². The topological polar surface area (TPSA) is 78.2 Å². The van der Waals surface area contributed by atoms with Gasteiger partial charge >= 0.3 is 5.69 Å². The van der Waals surface area contributed by atoms with Crippen LogP contribution in [-0.2, 0) is 6.42 Å². The Labute approximate surface area is 121 Å². The Balaban J connectivity index is 2.39. The van der Waals surface area contributed by atoms with Crippen molar-refractivity contribution in [2.45, 2.75) is 13.3 Å².